The highest BCUT2D eigenvalue weighted by atomic mass is 35.5. The second-order valence-electron chi connectivity index (χ2n) is 4.17. The normalized spacial score (nSPS) is 11.2. The molecule has 7 nitrogen and oxygen atoms in total. The van der Waals surface area contributed by atoms with Crippen molar-refractivity contribution in [3.8, 4) is 0 Å². The monoisotopic (exact) mass is 300 g/mol. The van der Waals surface area contributed by atoms with Crippen LogP contribution in [0.5, 0.6) is 0 Å². The van der Waals surface area contributed by atoms with E-state index in [0.29, 0.717) is 21.6 Å². The summed E-state index contributed by atoms with van der Waals surface area (Å²) in [5.41, 5.74) is 6.66. The summed E-state index contributed by atoms with van der Waals surface area (Å²) in [6.45, 7) is 5.53. The first-order valence-electron chi connectivity index (χ1n) is 5.54. The van der Waals surface area contributed by atoms with Crippen molar-refractivity contribution in [3.63, 3.8) is 0 Å². The lowest BCUT2D eigenvalue weighted by atomic mass is 10.4. The number of aromatic nitrogens is 5. The molecule has 0 fully saturated rings. The number of anilines is 1. The van der Waals surface area contributed by atoms with E-state index in [-0.39, 0.29) is 17.0 Å². The van der Waals surface area contributed by atoms with E-state index in [1.165, 1.54) is 16.3 Å². The Labute approximate surface area is 118 Å². The van der Waals surface area contributed by atoms with Crippen LogP contribution in [0.1, 0.15) is 25.6 Å². The molecule has 0 radical (unpaired) electrons. The highest BCUT2D eigenvalue weighted by Gasteiger charge is 2.16. The van der Waals surface area contributed by atoms with E-state index in [1.807, 2.05) is 13.8 Å². The van der Waals surface area contributed by atoms with E-state index in [9.17, 15) is 4.79 Å². The molecule has 19 heavy (non-hydrogen) atoms. The maximum Gasteiger partial charge on any atom is 0.344 e. The maximum absolute atomic E-state index is 11.6. The summed E-state index contributed by atoms with van der Waals surface area (Å²) in [6, 6.07) is -0.0200. The van der Waals surface area contributed by atoms with Crippen molar-refractivity contribution in [2.24, 2.45) is 0 Å². The predicted octanol–water partition coefficient (Wildman–Crippen LogP) is 1.64. The van der Waals surface area contributed by atoms with Gasteiger partial charge in [-0.2, -0.15) is 0 Å². The lowest BCUT2D eigenvalue weighted by molar-refractivity contribution is 0.534. The molecule has 0 aliphatic rings. The largest absolute Gasteiger partial charge is 0.395 e. The number of halogens is 1. The molecule has 2 aromatic rings. The van der Waals surface area contributed by atoms with Crippen molar-refractivity contribution >= 4 is 29.1 Å². The Morgan fingerprint density at radius 3 is 2.74 bits per heavy atom. The van der Waals surface area contributed by atoms with Crippen molar-refractivity contribution < 1.29 is 0 Å². The second-order valence-corrected chi connectivity index (χ2v) is 5.47. The van der Waals surface area contributed by atoms with Gasteiger partial charge < -0.3 is 5.73 Å². The Bertz CT molecular complexity index is 665. The molecule has 0 saturated heterocycles. The molecule has 0 amide bonds. The molecular weight excluding hydrogens is 288 g/mol. The minimum atomic E-state index is -0.270. The number of hydrogen-bond donors (Lipinski definition) is 2. The minimum Gasteiger partial charge on any atom is -0.395 e. The van der Waals surface area contributed by atoms with Crippen LogP contribution in [-0.2, 0) is 0 Å². The molecule has 0 spiro atoms. The zero-order chi connectivity index (χ0) is 14.2. The van der Waals surface area contributed by atoms with E-state index in [0.717, 1.165) is 0 Å². The van der Waals surface area contributed by atoms with E-state index >= 15 is 0 Å². The first kappa shape index (κ1) is 13.9. The Kier molecular flexibility index (Phi) is 3.81. The molecule has 2 rings (SSSR count). The van der Waals surface area contributed by atoms with Crippen LogP contribution >= 0.6 is 23.4 Å². The Morgan fingerprint density at radius 1 is 1.42 bits per heavy atom. The highest BCUT2D eigenvalue weighted by molar-refractivity contribution is 7.99. The number of nitrogen functional groups attached to an aromatic ring is 1. The molecule has 0 saturated carbocycles. The average Bonchev–Trinajstić information content (AvgIpc) is 2.66. The number of hydrogen-bond acceptors (Lipinski definition) is 6. The van der Waals surface area contributed by atoms with Gasteiger partial charge in [0.2, 0.25) is 5.28 Å². The zero-order valence-corrected chi connectivity index (χ0v) is 12.2. The van der Waals surface area contributed by atoms with Crippen LogP contribution in [-0.4, -0.2) is 24.7 Å². The van der Waals surface area contributed by atoms with E-state index in [1.54, 1.807) is 6.92 Å². The van der Waals surface area contributed by atoms with Gasteiger partial charge in [0.05, 0.1) is 11.4 Å². The first-order chi connectivity index (χ1) is 8.90. The topological polar surface area (TPSA) is 102 Å². The van der Waals surface area contributed by atoms with Crippen molar-refractivity contribution in [1.29, 1.82) is 0 Å². The highest BCUT2D eigenvalue weighted by Crippen LogP contribution is 2.31. The maximum atomic E-state index is 11.6. The van der Waals surface area contributed by atoms with Gasteiger partial charge in [0.15, 0.2) is 5.16 Å². The molecule has 0 atom stereocenters. The number of rotatable bonds is 3. The first-order valence-corrected chi connectivity index (χ1v) is 6.74. The van der Waals surface area contributed by atoms with E-state index in [4.69, 9.17) is 17.3 Å². The molecule has 2 heterocycles. The fraction of sp³-hybridized carbons (Fsp3) is 0.400. The lowest BCUT2D eigenvalue weighted by Gasteiger charge is -2.10. The molecular formula is C10H13ClN6OS. The van der Waals surface area contributed by atoms with Crippen LogP contribution < -0.4 is 11.4 Å². The van der Waals surface area contributed by atoms with E-state index in [2.05, 4.69) is 20.2 Å². The molecule has 0 aliphatic carbocycles. The van der Waals surface area contributed by atoms with Crippen molar-refractivity contribution in [2.45, 2.75) is 37.0 Å². The Balaban J connectivity index is 2.45. The zero-order valence-electron chi connectivity index (χ0n) is 10.6. The molecule has 3 N–H and O–H groups in total. The summed E-state index contributed by atoms with van der Waals surface area (Å²) in [5.74, 6) is 0. The second kappa shape index (κ2) is 5.22. The number of nitrogens with two attached hydrogens (primary N) is 1. The number of nitrogens with one attached hydrogen (secondary N) is 1. The summed E-state index contributed by atoms with van der Waals surface area (Å²) in [6.07, 6.45) is 0. The summed E-state index contributed by atoms with van der Waals surface area (Å²) in [4.78, 5) is 19.7. The Hall–Kier alpha value is -1.54. The molecule has 0 bridgehead atoms. The van der Waals surface area contributed by atoms with Gasteiger partial charge in [-0.05, 0) is 44.1 Å². The van der Waals surface area contributed by atoms with Gasteiger partial charge in [0.1, 0.15) is 5.03 Å². The number of aromatic amines is 1. The number of H-pyrrole nitrogens is 1. The molecule has 9 heteroatoms. The van der Waals surface area contributed by atoms with Gasteiger partial charge in [-0.3, -0.25) is 4.57 Å². The molecule has 0 unspecified atom stereocenters. The van der Waals surface area contributed by atoms with Gasteiger partial charge in [-0.15, -0.1) is 5.10 Å². The summed E-state index contributed by atoms with van der Waals surface area (Å²) in [7, 11) is 0. The van der Waals surface area contributed by atoms with Crippen molar-refractivity contribution in [1.82, 2.24) is 24.7 Å². The van der Waals surface area contributed by atoms with Crippen LogP contribution in [0, 0.1) is 6.92 Å². The van der Waals surface area contributed by atoms with Crippen molar-refractivity contribution in [3.05, 3.63) is 21.5 Å². The molecule has 0 aromatic carbocycles. The van der Waals surface area contributed by atoms with Crippen LogP contribution in [0.25, 0.3) is 0 Å². The Morgan fingerprint density at radius 2 is 2.11 bits per heavy atom. The average molecular weight is 301 g/mol. The summed E-state index contributed by atoms with van der Waals surface area (Å²) < 4.78 is 1.52. The fourth-order valence-electron chi connectivity index (χ4n) is 1.50. The molecule has 102 valence electrons. The fourth-order valence-corrected chi connectivity index (χ4v) is 2.81. The van der Waals surface area contributed by atoms with Crippen LogP contribution in [0.2, 0.25) is 5.28 Å². The van der Waals surface area contributed by atoms with Crippen LogP contribution in [0.3, 0.4) is 0 Å². The van der Waals surface area contributed by atoms with Crippen molar-refractivity contribution in [2.75, 3.05) is 5.73 Å². The van der Waals surface area contributed by atoms with Crippen LogP contribution in [0.15, 0.2) is 15.0 Å². The molecule has 2 aromatic heterocycles. The predicted molar refractivity (Wildman–Crippen MR) is 73.5 cm³/mol. The third-order valence-corrected chi connectivity index (χ3v) is 3.59. The smallest absolute Gasteiger partial charge is 0.344 e. The third kappa shape index (κ3) is 2.74. The standard InChI is InChI=1S/C10H13ClN6OS/c1-4(2)17-9(18)15-16-10(17)19-7-6(12)5(3)13-8(11)14-7/h4H,12H2,1-3H3,(H,15,18). The van der Waals surface area contributed by atoms with Gasteiger partial charge in [-0.25, -0.2) is 19.9 Å². The number of nitrogens with zero attached hydrogens (tertiary/aromatic N) is 4. The lowest BCUT2D eigenvalue weighted by Crippen LogP contribution is -2.19. The SMILES string of the molecule is Cc1nc(Cl)nc(Sc2n[nH]c(=O)n2C(C)C)c1N. The van der Waals surface area contributed by atoms with Gasteiger partial charge in [-0.1, -0.05) is 0 Å². The van der Waals surface area contributed by atoms with Gasteiger partial charge in [0.25, 0.3) is 0 Å². The van der Waals surface area contributed by atoms with E-state index < -0.39 is 0 Å². The summed E-state index contributed by atoms with van der Waals surface area (Å²) in [5, 5.41) is 7.45. The summed E-state index contributed by atoms with van der Waals surface area (Å²) >= 11 is 6.99. The van der Waals surface area contributed by atoms with Gasteiger partial charge >= 0.3 is 5.69 Å². The third-order valence-electron chi connectivity index (χ3n) is 2.45. The number of aryl methyl sites for hydroxylation is 1. The molecule has 0 aliphatic heterocycles. The minimum absolute atomic E-state index is 0.0200. The van der Waals surface area contributed by atoms with Gasteiger partial charge in [0, 0.05) is 6.04 Å². The van der Waals surface area contributed by atoms with Crippen LogP contribution in [0.4, 0.5) is 5.69 Å². The quantitative estimate of drug-likeness (QED) is 0.660.